The number of halogens is 3. The van der Waals surface area contributed by atoms with Crippen molar-refractivity contribution in [3.8, 4) is 0 Å². The van der Waals surface area contributed by atoms with Crippen LogP contribution in [0.4, 0.5) is 8.78 Å². The number of nitrogens with one attached hydrogen (secondary N) is 1. The maximum absolute atomic E-state index is 12.2. The summed E-state index contributed by atoms with van der Waals surface area (Å²) in [6.07, 6.45) is -2.69. The standard InChI is InChI=1S/C7H6ClF2NO/c8-3-4-1-2-5(12)11-6(4)7(9)10/h1-2,7H,3H2,(H,11,12). The lowest BCUT2D eigenvalue weighted by Crippen LogP contribution is -2.09. The summed E-state index contributed by atoms with van der Waals surface area (Å²) in [5, 5.41) is 0. The first kappa shape index (κ1) is 9.19. The largest absolute Gasteiger partial charge is 0.321 e. The fourth-order valence-corrected chi connectivity index (χ4v) is 1.07. The Labute approximate surface area is 72.2 Å². The summed E-state index contributed by atoms with van der Waals surface area (Å²) < 4.78 is 24.3. The molecule has 0 unspecified atom stereocenters. The molecule has 5 heteroatoms. The molecule has 1 heterocycles. The van der Waals surface area contributed by atoms with Crippen molar-refractivity contribution in [2.75, 3.05) is 0 Å². The number of hydrogen-bond donors (Lipinski definition) is 1. The molecular formula is C7H6ClF2NO. The lowest BCUT2D eigenvalue weighted by Gasteiger charge is -2.03. The molecule has 0 aliphatic carbocycles. The van der Waals surface area contributed by atoms with Crippen molar-refractivity contribution >= 4 is 11.6 Å². The topological polar surface area (TPSA) is 32.9 Å². The van der Waals surface area contributed by atoms with Crippen molar-refractivity contribution in [1.29, 1.82) is 0 Å². The Morgan fingerprint density at radius 3 is 2.67 bits per heavy atom. The second-order valence-electron chi connectivity index (χ2n) is 2.20. The third-order valence-electron chi connectivity index (χ3n) is 1.40. The fraction of sp³-hybridized carbons (Fsp3) is 0.286. The quantitative estimate of drug-likeness (QED) is 0.717. The van der Waals surface area contributed by atoms with Crippen molar-refractivity contribution in [2.45, 2.75) is 12.3 Å². The zero-order chi connectivity index (χ0) is 9.14. The molecule has 1 aromatic rings. The zero-order valence-corrected chi connectivity index (χ0v) is 6.74. The Hall–Kier alpha value is -0.900. The highest BCUT2D eigenvalue weighted by molar-refractivity contribution is 6.17. The van der Waals surface area contributed by atoms with Gasteiger partial charge in [-0.15, -0.1) is 11.6 Å². The predicted molar refractivity (Wildman–Crippen MR) is 41.6 cm³/mol. The van der Waals surface area contributed by atoms with E-state index in [-0.39, 0.29) is 11.4 Å². The fourth-order valence-electron chi connectivity index (χ4n) is 0.832. The van der Waals surface area contributed by atoms with E-state index in [2.05, 4.69) is 0 Å². The average Bonchev–Trinajstić information content (AvgIpc) is 2.04. The summed E-state index contributed by atoms with van der Waals surface area (Å²) in [4.78, 5) is 12.7. The lowest BCUT2D eigenvalue weighted by molar-refractivity contribution is 0.145. The minimum Gasteiger partial charge on any atom is -0.321 e. The molecule has 0 saturated heterocycles. The van der Waals surface area contributed by atoms with Crippen LogP contribution in [0, 0.1) is 0 Å². The van der Waals surface area contributed by atoms with Crippen LogP contribution in [0.25, 0.3) is 0 Å². The molecule has 1 rings (SSSR count). The van der Waals surface area contributed by atoms with Crippen molar-refractivity contribution in [2.24, 2.45) is 0 Å². The number of pyridine rings is 1. The molecular weight excluding hydrogens is 188 g/mol. The Kier molecular flexibility index (Phi) is 2.81. The van der Waals surface area contributed by atoms with Crippen LogP contribution in [0.1, 0.15) is 17.7 Å². The van der Waals surface area contributed by atoms with E-state index in [0.717, 1.165) is 0 Å². The monoisotopic (exact) mass is 193 g/mol. The van der Waals surface area contributed by atoms with E-state index in [1.54, 1.807) is 0 Å². The van der Waals surface area contributed by atoms with E-state index in [0.29, 0.717) is 0 Å². The van der Waals surface area contributed by atoms with E-state index in [9.17, 15) is 13.6 Å². The highest BCUT2D eigenvalue weighted by Gasteiger charge is 2.12. The van der Waals surface area contributed by atoms with Crippen LogP contribution < -0.4 is 5.56 Å². The van der Waals surface area contributed by atoms with Gasteiger partial charge < -0.3 is 4.98 Å². The van der Waals surface area contributed by atoms with Gasteiger partial charge in [0.05, 0.1) is 5.69 Å². The average molecular weight is 194 g/mol. The second-order valence-corrected chi connectivity index (χ2v) is 2.46. The molecule has 0 radical (unpaired) electrons. The van der Waals surface area contributed by atoms with Crippen molar-refractivity contribution in [1.82, 2.24) is 4.98 Å². The van der Waals surface area contributed by atoms with Gasteiger partial charge >= 0.3 is 0 Å². The van der Waals surface area contributed by atoms with Crippen molar-refractivity contribution in [3.63, 3.8) is 0 Å². The van der Waals surface area contributed by atoms with E-state index in [4.69, 9.17) is 11.6 Å². The molecule has 0 amide bonds. The van der Waals surface area contributed by atoms with Crippen LogP contribution >= 0.6 is 11.6 Å². The molecule has 0 aliphatic rings. The normalized spacial score (nSPS) is 10.7. The number of hydrogen-bond acceptors (Lipinski definition) is 1. The summed E-state index contributed by atoms with van der Waals surface area (Å²) in [5.74, 6) is -0.0313. The first-order chi connectivity index (χ1) is 5.65. The molecule has 0 aliphatic heterocycles. The van der Waals surface area contributed by atoms with Gasteiger partial charge in [-0.2, -0.15) is 0 Å². The van der Waals surface area contributed by atoms with Gasteiger partial charge in [-0.25, -0.2) is 8.78 Å². The molecule has 1 N–H and O–H groups in total. The summed E-state index contributed by atoms with van der Waals surface area (Å²) in [6.45, 7) is 0. The maximum atomic E-state index is 12.2. The molecule has 0 saturated carbocycles. The van der Waals surface area contributed by atoms with E-state index >= 15 is 0 Å². The van der Waals surface area contributed by atoms with Gasteiger partial charge in [-0.1, -0.05) is 6.07 Å². The van der Waals surface area contributed by atoms with Crippen molar-refractivity contribution < 1.29 is 8.78 Å². The second kappa shape index (κ2) is 3.67. The third-order valence-corrected chi connectivity index (χ3v) is 1.69. The Balaban J connectivity index is 3.21. The molecule has 2 nitrogen and oxygen atoms in total. The minimum absolute atomic E-state index is 0.0313. The molecule has 0 bridgehead atoms. The van der Waals surface area contributed by atoms with Crippen LogP contribution in [-0.2, 0) is 5.88 Å². The molecule has 0 aromatic carbocycles. The van der Waals surface area contributed by atoms with Gasteiger partial charge in [0, 0.05) is 11.9 Å². The summed E-state index contributed by atoms with van der Waals surface area (Å²) >= 11 is 5.37. The highest BCUT2D eigenvalue weighted by atomic mass is 35.5. The van der Waals surface area contributed by atoms with Crippen LogP contribution in [0.2, 0.25) is 0 Å². The van der Waals surface area contributed by atoms with E-state index in [1.807, 2.05) is 4.98 Å². The predicted octanol–water partition coefficient (Wildman–Crippen LogP) is 2.05. The number of aromatic amines is 1. The lowest BCUT2D eigenvalue weighted by atomic mass is 10.2. The molecule has 0 atom stereocenters. The van der Waals surface area contributed by atoms with Gasteiger partial charge in [0.2, 0.25) is 5.56 Å². The Morgan fingerprint density at radius 2 is 2.17 bits per heavy atom. The minimum atomic E-state index is -2.69. The zero-order valence-electron chi connectivity index (χ0n) is 5.98. The summed E-state index contributed by atoms with van der Waals surface area (Å²) in [6, 6.07) is 2.47. The molecule has 0 fully saturated rings. The third kappa shape index (κ3) is 1.82. The molecule has 12 heavy (non-hydrogen) atoms. The van der Waals surface area contributed by atoms with Crippen LogP contribution in [0.3, 0.4) is 0 Å². The number of alkyl halides is 3. The molecule has 1 aromatic heterocycles. The van der Waals surface area contributed by atoms with Gasteiger partial charge in [-0.3, -0.25) is 4.79 Å². The van der Waals surface area contributed by atoms with E-state index in [1.165, 1.54) is 12.1 Å². The highest BCUT2D eigenvalue weighted by Crippen LogP contribution is 2.19. The first-order valence-electron chi connectivity index (χ1n) is 3.21. The smallest absolute Gasteiger partial charge is 0.278 e. The SMILES string of the molecule is O=c1ccc(CCl)c(C(F)F)[nH]1. The molecule has 0 spiro atoms. The Bertz CT molecular complexity index is 323. The van der Waals surface area contributed by atoms with E-state index < -0.39 is 17.7 Å². The van der Waals surface area contributed by atoms with Crippen molar-refractivity contribution in [3.05, 3.63) is 33.7 Å². The van der Waals surface area contributed by atoms with Gasteiger partial charge in [0.25, 0.3) is 6.43 Å². The van der Waals surface area contributed by atoms with Gasteiger partial charge in [0.15, 0.2) is 0 Å². The summed E-state index contributed by atoms with van der Waals surface area (Å²) in [7, 11) is 0. The maximum Gasteiger partial charge on any atom is 0.278 e. The number of H-pyrrole nitrogens is 1. The molecule has 66 valence electrons. The number of rotatable bonds is 2. The van der Waals surface area contributed by atoms with Crippen LogP contribution in [0.15, 0.2) is 16.9 Å². The summed E-state index contributed by atoms with van der Waals surface area (Å²) in [5.41, 5.74) is -0.678. The number of aromatic nitrogens is 1. The van der Waals surface area contributed by atoms with Gasteiger partial charge in [-0.05, 0) is 5.56 Å². The Morgan fingerprint density at radius 1 is 1.50 bits per heavy atom. The van der Waals surface area contributed by atoms with Gasteiger partial charge in [0.1, 0.15) is 0 Å². The van der Waals surface area contributed by atoms with Crippen LogP contribution in [0.5, 0.6) is 0 Å². The first-order valence-corrected chi connectivity index (χ1v) is 3.75. The van der Waals surface area contributed by atoms with Crippen LogP contribution in [-0.4, -0.2) is 4.98 Å².